The molecule has 6 nitrogen and oxygen atoms in total. The van der Waals surface area contributed by atoms with Gasteiger partial charge in [-0.25, -0.2) is 4.98 Å². The highest BCUT2D eigenvalue weighted by atomic mass is 19.4. The number of hydrogen-bond donors (Lipinski definition) is 1. The number of rotatable bonds is 6. The summed E-state index contributed by atoms with van der Waals surface area (Å²) in [7, 11) is 0. The Morgan fingerprint density at radius 1 is 1.11 bits per heavy atom. The zero-order valence-corrected chi connectivity index (χ0v) is 14.6. The zero-order valence-electron chi connectivity index (χ0n) is 14.6. The maximum Gasteiger partial charge on any atom is 0.422 e. The normalized spacial score (nSPS) is 11.4. The Hall–Kier alpha value is -3.36. The van der Waals surface area contributed by atoms with E-state index in [0.717, 1.165) is 6.20 Å². The van der Waals surface area contributed by atoms with Crippen molar-refractivity contribution >= 4 is 16.9 Å². The fraction of sp³-hybridized carbons (Fsp3) is 0.211. The lowest BCUT2D eigenvalue weighted by molar-refractivity contribution is -0.153. The van der Waals surface area contributed by atoms with Crippen LogP contribution in [0.25, 0.3) is 11.0 Å². The van der Waals surface area contributed by atoms with Crippen LogP contribution in [0.2, 0.25) is 0 Å². The molecule has 1 heterocycles. The monoisotopic (exact) mass is 391 g/mol. The second kappa shape index (κ2) is 8.12. The summed E-state index contributed by atoms with van der Waals surface area (Å²) in [5, 5.41) is 2.68. The van der Waals surface area contributed by atoms with Gasteiger partial charge in [-0.3, -0.25) is 14.2 Å². The van der Waals surface area contributed by atoms with Crippen molar-refractivity contribution in [3.8, 4) is 5.75 Å². The lowest BCUT2D eigenvalue weighted by atomic mass is 10.2. The van der Waals surface area contributed by atoms with Crippen molar-refractivity contribution in [3.63, 3.8) is 0 Å². The van der Waals surface area contributed by atoms with E-state index < -0.39 is 12.8 Å². The Bertz CT molecular complexity index is 1030. The van der Waals surface area contributed by atoms with Crippen LogP contribution < -0.4 is 15.6 Å². The highest BCUT2D eigenvalue weighted by molar-refractivity contribution is 5.79. The average Bonchev–Trinajstić information content (AvgIpc) is 2.67. The first kappa shape index (κ1) is 19.4. The molecule has 0 aliphatic carbocycles. The minimum Gasteiger partial charge on any atom is -0.484 e. The predicted octanol–water partition coefficient (Wildman–Crippen LogP) is 2.65. The van der Waals surface area contributed by atoms with Gasteiger partial charge in [0.15, 0.2) is 6.61 Å². The standard InChI is InChI=1S/C19H16F3N3O3/c20-19(21,22)12-28-14-7-5-13(6-8-14)9-24-17(26)11-25-16-4-2-1-3-15(16)23-10-18(25)27/h1-8,10H,9,11-12H2,(H,24,26). The molecule has 0 aliphatic heterocycles. The molecule has 1 amide bonds. The molecule has 0 unspecified atom stereocenters. The van der Waals surface area contributed by atoms with Crippen LogP contribution >= 0.6 is 0 Å². The topological polar surface area (TPSA) is 73.2 Å². The van der Waals surface area contributed by atoms with E-state index in [0.29, 0.717) is 16.6 Å². The quantitative estimate of drug-likeness (QED) is 0.701. The fourth-order valence-electron chi connectivity index (χ4n) is 2.55. The molecule has 28 heavy (non-hydrogen) atoms. The lowest BCUT2D eigenvalue weighted by Crippen LogP contribution is -2.32. The number of carbonyl (C=O) groups is 1. The molecular weight excluding hydrogens is 375 g/mol. The van der Waals surface area contributed by atoms with Gasteiger partial charge >= 0.3 is 6.18 Å². The number of ether oxygens (including phenoxy) is 1. The molecule has 0 radical (unpaired) electrons. The number of fused-ring (bicyclic) bond motifs is 1. The molecule has 1 N–H and O–H groups in total. The highest BCUT2D eigenvalue weighted by Gasteiger charge is 2.28. The molecule has 3 aromatic rings. The first-order chi connectivity index (χ1) is 13.3. The van der Waals surface area contributed by atoms with Gasteiger partial charge in [-0.05, 0) is 29.8 Å². The van der Waals surface area contributed by atoms with Crippen LogP contribution in [-0.2, 0) is 17.9 Å². The number of amides is 1. The van der Waals surface area contributed by atoms with Crippen LogP contribution in [0, 0.1) is 0 Å². The van der Waals surface area contributed by atoms with Gasteiger partial charge in [-0.1, -0.05) is 24.3 Å². The Morgan fingerprint density at radius 2 is 1.82 bits per heavy atom. The minimum atomic E-state index is -4.40. The Labute approximate surface area is 157 Å². The Kier molecular flexibility index (Phi) is 5.62. The molecule has 0 spiro atoms. The van der Waals surface area contributed by atoms with Gasteiger partial charge in [-0.15, -0.1) is 0 Å². The van der Waals surface area contributed by atoms with E-state index in [4.69, 9.17) is 0 Å². The van der Waals surface area contributed by atoms with Crippen LogP contribution in [0.4, 0.5) is 13.2 Å². The van der Waals surface area contributed by atoms with Crippen molar-refractivity contribution in [2.45, 2.75) is 19.3 Å². The van der Waals surface area contributed by atoms with Gasteiger partial charge in [0.25, 0.3) is 5.56 Å². The number of hydrogen-bond acceptors (Lipinski definition) is 4. The van der Waals surface area contributed by atoms with Crippen LogP contribution in [0.1, 0.15) is 5.56 Å². The third-order valence-electron chi connectivity index (χ3n) is 3.87. The number of carbonyl (C=O) groups excluding carboxylic acids is 1. The maximum absolute atomic E-state index is 12.2. The van der Waals surface area contributed by atoms with Crippen molar-refractivity contribution in [3.05, 3.63) is 70.6 Å². The van der Waals surface area contributed by atoms with E-state index in [2.05, 4.69) is 15.0 Å². The van der Waals surface area contributed by atoms with Gasteiger partial charge in [0.1, 0.15) is 12.3 Å². The summed E-state index contributed by atoms with van der Waals surface area (Å²) >= 11 is 0. The number of nitrogens with zero attached hydrogens (tertiary/aromatic N) is 2. The summed E-state index contributed by atoms with van der Waals surface area (Å²) in [6.45, 7) is -1.37. The molecule has 0 saturated heterocycles. The molecular formula is C19H16F3N3O3. The number of halogens is 3. The SMILES string of the molecule is O=C(Cn1c(=O)cnc2ccccc21)NCc1ccc(OCC(F)(F)F)cc1. The molecule has 0 atom stereocenters. The number of para-hydroxylation sites is 2. The van der Waals surface area contributed by atoms with E-state index in [1.165, 1.54) is 16.7 Å². The average molecular weight is 391 g/mol. The molecule has 9 heteroatoms. The van der Waals surface area contributed by atoms with Gasteiger partial charge in [0.2, 0.25) is 5.91 Å². The predicted molar refractivity (Wildman–Crippen MR) is 95.8 cm³/mol. The van der Waals surface area contributed by atoms with Gasteiger partial charge in [-0.2, -0.15) is 13.2 Å². The first-order valence-electron chi connectivity index (χ1n) is 8.31. The summed E-state index contributed by atoms with van der Waals surface area (Å²) in [4.78, 5) is 28.3. The zero-order chi connectivity index (χ0) is 20.1. The third-order valence-corrected chi connectivity index (χ3v) is 3.87. The molecule has 0 aliphatic rings. The van der Waals surface area contributed by atoms with Crippen LogP contribution in [0.5, 0.6) is 5.75 Å². The van der Waals surface area contributed by atoms with Crippen LogP contribution in [-0.4, -0.2) is 28.2 Å². The largest absolute Gasteiger partial charge is 0.484 e. The molecule has 2 aromatic carbocycles. The van der Waals surface area contributed by atoms with E-state index in [-0.39, 0.29) is 30.3 Å². The van der Waals surface area contributed by atoms with Crippen LogP contribution in [0.3, 0.4) is 0 Å². The molecule has 0 bridgehead atoms. The summed E-state index contributed by atoms with van der Waals surface area (Å²) < 4.78 is 42.4. The van der Waals surface area contributed by atoms with Crippen molar-refractivity contribution in [1.82, 2.24) is 14.9 Å². The molecule has 146 valence electrons. The minimum absolute atomic E-state index is 0.0854. The van der Waals surface area contributed by atoms with Gasteiger partial charge in [0.05, 0.1) is 17.2 Å². The second-order valence-corrected chi connectivity index (χ2v) is 6.00. The molecule has 1 aromatic heterocycles. The summed E-state index contributed by atoms with van der Waals surface area (Å²) in [6, 6.07) is 12.9. The van der Waals surface area contributed by atoms with Crippen LogP contribution in [0.15, 0.2) is 59.5 Å². The third kappa shape index (κ3) is 5.09. The fourth-order valence-corrected chi connectivity index (χ4v) is 2.55. The van der Waals surface area contributed by atoms with E-state index in [1.807, 2.05) is 0 Å². The summed E-state index contributed by atoms with van der Waals surface area (Å²) in [6.07, 6.45) is -3.24. The van der Waals surface area contributed by atoms with Crippen molar-refractivity contribution in [1.29, 1.82) is 0 Å². The van der Waals surface area contributed by atoms with E-state index >= 15 is 0 Å². The van der Waals surface area contributed by atoms with Gasteiger partial charge in [0, 0.05) is 6.54 Å². The van der Waals surface area contributed by atoms with E-state index in [1.54, 1.807) is 36.4 Å². The summed E-state index contributed by atoms with van der Waals surface area (Å²) in [5.41, 5.74) is 1.44. The molecule has 0 saturated carbocycles. The number of aromatic nitrogens is 2. The number of alkyl halides is 3. The highest BCUT2D eigenvalue weighted by Crippen LogP contribution is 2.18. The summed E-state index contributed by atoms with van der Waals surface area (Å²) in [5.74, 6) is -0.293. The van der Waals surface area contributed by atoms with Crippen molar-refractivity contribution in [2.75, 3.05) is 6.61 Å². The molecule has 3 rings (SSSR count). The maximum atomic E-state index is 12.2. The smallest absolute Gasteiger partial charge is 0.422 e. The Balaban J connectivity index is 1.59. The Morgan fingerprint density at radius 3 is 2.54 bits per heavy atom. The number of benzene rings is 2. The number of nitrogens with one attached hydrogen (secondary N) is 1. The van der Waals surface area contributed by atoms with E-state index in [9.17, 15) is 22.8 Å². The lowest BCUT2D eigenvalue weighted by Gasteiger charge is -2.11. The van der Waals surface area contributed by atoms with Crippen molar-refractivity contribution in [2.24, 2.45) is 0 Å². The second-order valence-electron chi connectivity index (χ2n) is 6.00. The van der Waals surface area contributed by atoms with Gasteiger partial charge < -0.3 is 10.1 Å². The first-order valence-corrected chi connectivity index (χ1v) is 8.31. The molecule has 0 fully saturated rings. The van der Waals surface area contributed by atoms with Crippen molar-refractivity contribution < 1.29 is 22.7 Å².